The van der Waals surface area contributed by atoms with Crippen LogP contribution in [-0.4, -0.2) is 36.0 Å². The third-order valence-electron chi connectivity index (χ3n) is 1.71. The summed E-state index contributed by atoms with van der Waals surface area (Å²) in [5, 5.41) is 8.95. The fourth-order valence-corrected chi connectivity index (χ4v) is 2.68. The summed E-state index contributed by atoms with van der Waals surface area (Å²) in [7, 11) is 3.86. The third kappa shape index (κ3) is 4.33. The molecule has 90 valence electrons. The van der Waals surface area contributed by atoms with E-state index >= 15 is 0 Å². The number of carbonyl (C=O) groups excluding carboxylic acids is 1. The van der Waals surface area contributed by atoms with E-state index in [9.17, 15) is 4.79 Å². The van der Waals surface area contributed by atoms with Crippen molar-refractivity contribution in [2.75, 3.05) is 24.7 Å². The number of carbonyl (C=O) groups is 1. The van der Waals surface area contributed by atoms with Crippen LogP contribution in [-0.2, 0) is 4.79 Å². The van der Waals surface area contributed by atoms with Crippen molar-refractivity contribution in [3.05, 3.63) is 0 Å². The highest BCUT2D eigenvalue weighted by Gasteiger charge is 2.06. The second kappa shape index (κ2) is 6.66. The quantitative estimate of drug-likeness (QED) is 0.254. The highest BCUT2D eigenvalue weighted by molar-refractivity contribution is 8.01. The van der Waals surface area contributed by atoms with Gasteiger partial charge in [0.25, 0.3) is 0 Å². The lowest BCUT2D eigenvalue weighted by Crippen LogP contribution is -2.29. The number of nitrogens with two attached hydrogens (primary N) is 1. The maximum Gasteiger partial charge on any atom is 0.233 e. The maximum absolute atomic E-state index is 10.8. The summed E-state index contributed by atoms with van der Waals surface area (Å²) in [6, 6.07) is 0. The summed E-state index contributed by atoms with van der Waals surface area (Å²) in [4.78, 5) is 12.8. The van der Waals surface area contributed by atoms with Crippen molar-refractivity contribution < 1.29 is 4.79 Å². The zero-order chi connectivity index (χ0) is 12.0. The minimum Gasteiger partial charge on any atom is -0.353 e. The number of thioether (sulfide) groups is 1. The van der Waals surface area contributed by atoms with Gasteiger partial charge in [-0.1, -0.05) is 23.1 Å². The highest BCUT2D eigenvalue weighted by atomic mass is 32.2. The van der Waals surface area contributed by atoms with Gasteiger partial charge in [-0.15, -0.1) is 10.2 Å². The smallest absolute Gasteiger partial charge is 0.233 e. The maximum atomic E-state index is 10.8. The van der Waals surface area contributed by atoms with Crippen LogP contribution in [0.4, 0.5) is 5.13 Å². The van der Waals surface area contributed by atoms with Crippen LogP contribution >= 0.6 is 23.1 Å². The molecule has 1 aromatic rings. The van der Waals surface area contributed by atoms with Crippen molar-refractivity contribution >= 4 is 34.1 Å². The molecule has 0 radical (unpaired) electrons. The van der Waals surface area contributed by atoms with E-state index in [1.807, 2.05) is 19.0 Å². The van der Waals surface area contributed by atoms with Gasteiger partial charge in [0.1, 0.15) is 0 Å². The summed E-state index contributed by atoms with van der Waals surface area (Å²) in [6.07, 6.45) is 1.23. The number of rotatable bonds is 6. The number of nitrogens with zero attached hydrogens (tertiary/aromatic N) is 3. The molecule has 6 nitrogen and oxygen atoms in total. The molecule has 0 fully saturated rings. The molecule has 1 rings (SSSR count). The lowest BCUT2D eigenvalue weighted by molar-refractivity contribution is -0.121. The Hall–Kier alpha value is -0.860. The molecule has 0 aliphatic heterocycles. The minimum atomic E-state index is -0.133. The van der Waals surface area contributed by atoms with Crippen molar-refractivity contribution in [1.82, 2.24) is 15.6 Å². The lowest BCUT2D eigenvalue weighted by Gasteiger charge is -2.03. The summed E-state index contributed by atoms with van der Waals surface area (Å²) < 4.78 is 0.928. The number of nitrogens with one attached hydrogen (secondary N) is 1. The van der Waals surface area contributed by atoms with Gasteiger partial charge in [-0.3, -0.25) is 10.2 Å². The first kappa shape index (κ1) is 13.2. The predicted molar refractivity (Wildman–Crippen MR) is 66.5 cm³/mol. The van der Waals surface area contributed by atoms with Crippen LogP contribution in [0.5, 0.6) is 0 Å². The zero-order valence-electron chi connectivity index (χ0n) is 9.27. The molecular formula is C8H15N5OS2. The van der Waals surface area contributed by atoms with Gasteiger partial charge in [-0.2, -0.15) is 0 Å². The van der Waals surface area contributed by atoms with E-state index in [4.69, 9.17) is 5.84 Å². The van der Waals surface area contributed by atoms with Gasteiger partial charge in [-0.25, -0.2) is 5.84 Å². The first-order valence-corrected chi connectivity index (χ1v) is 6.56. The monoisotopic (exact) mass is 261 g/mol. The van der Waals surface area contributed by atoms with Crippen LogP contribution in [0.25, 0.3) is 0 Å². The van der Waals surface area contributed by atoms with E-state index in [-0.39, 0.29) is 5.91 Å². The van der Waals surface area contributed by atoms with Crippen molar-refractivity contribution in [2.45, 2.75) is 17.2 Å². The lowest BCUT2D eigenvalue weighted by atomic mass is 10.3. The molecule has 3 N–H and O–H groups in total. The van der Waals surface area contributed by atoms with Gasteiger partial charge < -0.3 is 4.90 Å². The Morgan fingerprint density at radius 1 is 1.56 bits per heavy atom. The van der Waals surface area contributed by atoms with Crippen LogP contribution in [0.1, 0.15) is 12.8 Å². The van der Waals surface area contributed by atoms with Crippen LogP contribution in [0.15, 0.2) is 4.34 Å². The topological polar surface area (TPSA) is 84.1 Å². The van der Waals surface area contributed by atoms with E-state index < -0.39 is 0 Å². The summed E-state index contributed by atoms with van der Waals surface area (Å²) in [6.45, 7) is 0. The first-order chi connectivity index (χ1) is 7.63. The second-order valence-electron chi connectivity index (χ2n) is 3.26. The molecule has 0 aliphatic carbocycles. The van der Waals surface area contributed by atoms with Gasteiger partial charge in [0.05, 0.1) is 0 Å². The average Bonchev–Trinajstić information content (AvgIpc) is 2.72. The highest BCUT2D eigenvalue weighted by Crippen LogP contribution is 2.27. The molecule has 0 spiro atoms. The Kier molecular flexibility index (Phi) is 5.50. The zero-order valence-corrected chi connectivity index (χ0v) is 10.9. The predicted octanol–water partition coefficient (Wildman–Crippen LogP) is 0.466. The van der Waals surface area contributed by atoms with Crippen LogP contribution in [0.2, 0.25) is 0 Å². The van der Waals surface area contributed by atoms with Gasteiger partial charge in [-0.05, 0) is 6.42 Å². The van der Waals surface area contributed by atoms with E-state index in [0.717, 1.165) is 21.6 Å². The molecule has 16 heavy (non-hydrogen) atoms. The Bertz CT molecular complexity index is 341. The fourth-order valence-electron chi connectivity index (χ4n) is 0.906. The van der Waals surface area contributed by atoms with Gasteiger partial charge in [0.15, 0.2) is 4.34 Å². The molecule has 0 saturated heterocycles. The normalized spacial score (nSPS) is 10.2. The molecule has 0 unspecified atom stereocenters. The number of anilines is 1. The molecular weight excluding hydrogens is 246 g/mol. The molecule has 0 bridgehead atoms. The van der Waals surface area contributed by atoms with Crippen LogP contribution < -0.4 is 16.2 Å². The molecule has 1 amide bonds. The fraction of sp³-hybridized carbons (Fsp3) is 0.625. The van der Waals surface area contributed by atoms with E-state index in [0.29, 0.717) is 6.42 Å². The summed E-state index contributed by atoms with van der Waals surface area (Å²) in [5.41, 5.74) is 2.10. The number of hydrogen-bond donors (Lipinski definition) is 2. The third-order valence-corrected chi connectivity index (χ3v) is 4.02. The number of hydrogen-bond acceptors (Lipinski definition) is 7. The van der Waals surface area contributed by atoms with Crippen molar-refractivity contribution in [1.29, 1.82) is 0 Å². The summed E-state index contributed by atoms with van der Waals surface area (Å²) >= 11 is 3.16. The van der Waals surface area contributed by atoms with E-state index in [2.05, 4.69) is 15.6 Å². The molecule has 0 aliphatic rings. The minimum absolute atomic E-state index is 0.133. The average molecular weight is 261 g/mol. The number of amides is 1. The largest absolute Gasteiger partial charge is 0.353 e. The van der Waals surface area contributed by atoms with Crippen LogP contribution in [0.3, 0.4) is 0 Å². The molecule has 1 heterocycles. The Morgan fingerprint density at radius 3 is 2.88 bits per heavy atom. The Morgan fingerprint density at radius 2 is 2.31 bits per heavy atom. The standard InChI is InChI=1S/C8H15N5OS2/c1-13(2)7-11-12-8(16-7)15-5-3-4-6(14)10-9/h3-5,9H2,1-2H3,(H,10,14). The number of aromatic nitrogens is 2. The Labute approximate surface area is 103 Å². The van der Waals surface area contributed by atoms with Gasteiger partial charge >= 0.3 is 0 Å². The second-order valence-corrected chi connectivity index (χ2v) is 5.56. The molecule has 0 aromatic carbocycles. The molecule has 8 heteroatoms. The van der Waals surface area contributed by atoms with Gasteiger partial charge in [0.2, 0.25) is 11.0 Å². The van der Waals surface area contributed by atoms with E-state index in [1.165, 1.54) is 0 Å². The van der Waals surface area contributed by atoms with Crippen LogP contribution in [0, 0.1) is 0 Å². The molecule has 1 aromatic heterocycles. The number of hydrazine groups is 1. The first-order valence-electron chi connectivity index (χ1n) is 4.76. The van der Waals surface area contributed by atoms with E-state index in [1.54, 1.807) is 23.1 Å². The molecule has 0 atom stereocenters. The SMILES string of the molecule is CN(C)c1nnc(SCCCC(=O)NN)s1. The van der Waals surface area contributed by atoms with Crippen molar-refractivity contribution in [3.8, 4) is 0 Å². The molecule has 0 saturated carbocycles. The van der Waals surface area contributed by atoms with Crippen molar-refractivity contribution in [2.24, 2.45) is 5.84 Å². The van der Waals surface area contributed by atoms with Gasteiger partial charge in [0, 0.05) is 26.3 Å². The Balaban J connectivity index is 2.24. The summed E-state index contributed by atoms with van der Waals surface area (Å²) in [5.74, 6) is 5.68. The van der Waals surface area contributed by atoms with Crippen molar-refractivity contribution in [3.63, 3.8) is 0 Å².